The van der Waals surface area contributed by atoms with Crippen LogP contribution >= 0.6 is 0 Å². The minimum atomic E-state index is -0.809. The standard InChI is InChI=1S/C57H92O6/c1-4-7-10-13-16-19-22-24-26-28-30-31-33-35-38-41-44-47-50-56(59)62-53-54(52-61-55(58)49-46-43-40-37-21-18-15-12-9-6-3)63-57(60)51-48-45-42-39-36-34-32-29-27-25-23-20-17-14-11-8-5-2/h8,11,14,17,20,22-32,34,36,54H,4-7,9-10,12-13,15-16,18-19,21,33,35,37-53H2,1-3H3/b11-8-,17-14-,23-20-,24-22-,27-25-,28-26-,31-30-,32-29+,36-34-. The highest BCUT2D eigenvalue weighted by atomic mass is 16.6. The van der Waals surface area contributed by atoms with Crippen LogP contribution < -0.4 is 0 Å². The number of carbonyl (C=O) groups excluding carboxylic acids is 3. The van der Waals surface area contributed by atoms with Crippen LogP contribution in [0.25, 0.3) is 0 Å². The molecule has 63 heavy (non-hydrogen) atoms. The van der Waals surface area contributed by atoms with E-state index in [2.05, 4.69) is 69.4 Å². The van der Waals surface area contributed by atoms with Crippen LogP contribution in [0, 0.1) is 0 Å². The highest BCUT2D eigenvalue weighted by Gasteiger charge is 2.19. The van der Waals surface area contributed by atoms with Crippen molar-refractivity contribution in [3.8, 4) is 0 Å². The summed E-state index contributed by atoms with van der Waals surface area (Å²) in [6, 6.07) is 0. The summed E-state index contributed by atoms with van der Waals surface area (Å²) in [5, 5.41) is 0. The molecule has 0 heterocycles. The predicted octanol–water partition coefficient (Wildman–Crippen LogP) is 16.8. The first-order valence-electron chi connectivity index (χ1n) is 25.5. The third-order valence-electron chi connectivity index (χ3n) is 10.5. The van der Waals surface area contributed by atoms with E-state index >= 15 is 0 Å². The summed E-state index contributed by atoms with van der Waals surface area (Å²) in [5.41, 5.74) is 0. The van der Waals surface area contributed by atoms with Crippen molar-refractivity contribution in [2.75, 3.05) is 13.2 Å². The van der Waals surface area contributed by atoms with Crippen LogP contribution in [0.2, 0.25) is 0 Å². The van der Waals surface area contributed by atoms with Crippen molar-refractivity contribution >= 4 is 17.9 Å². The molecule has 0 N–H and O–H groups in total. The largest absolute Gasteiger partial charge is 0.462 e. The van der Waals surface area contributed by atoms with Gasteiger partial charge in [-0.05, 0) is 64.2 Å². The molecule has 0 aromatic carbocycles. The Bertz CT molecular complexity index is 1330. The lowest BCUT2D eigenvalue weighted by Crippen LogP contribution is -2.30. The zero-order chi connectivity index (χ0) is 45.8. The first kappa shape index (κ1) is 59.1. The van der Waals surface area contributed by atoms with Gasteiger partial charge in [0.25, 0.3) is 0 Å². The van der Waals surface area contributed by atoms with E-state index in [9.17, 15) is 14.4 Å². The van der Waals surface area contributed by atoms with Gasteiger partial charge < -0.3 is 14.2 Å². The molecule has 0 aliphatic heterocycles. The van der Waals surface area contributed by atoms with Gasteiger partial charge in [-0.2, -0.15) is 0 Å². The quantitative estimate of drug-likeness (QED) is 0.0263. The van der Waals surface area contributed by atoms with Gasteiger partial charge in [-0.1, -0.05) is 239 Å². The molecule has 0 spiro atoms. The molecule has 6 heteroatoms. The monoisotopic (exact) mass is 873 g/mol. The molecule has 0 amide bonds. The molecule has 0 rings (SSSR count). The summed E-state index contributed by atoms with van der Waals surface area (Å²) in [6.45, 7) is 6.39. The van der Waals surface area contributed by atoms with Crippen LogP contribution in [-0.2, 0) is 28.6 Å². The van der Waals surface area contributed by atoms with Crippen molar-refractivity contribution in [2.24, 2.45) is 0 Å². The maximum absolute atomic E-state index is 12.8. The number of esters is 3. The van der Waals surface area contributed by atoms with Gasteiger partial charge in [0.2, 0.25) is 0 Å². The van der Waals surface area contributed by atoms with Crippen molar-refractivity contribution < 1.29 is 28.6 Å². The third-order valence-corrected chi connectivity index (χ3v) is 10.5. The van der Waals surface area contributed by atoms with Crippen LogP contribution in [0.3, 0.4) is 0 Å². The number of hydrogen-bond donors (Lipinski definition) is 0. The van der Waals surface area contributed by atoms with Gasteiger partial charge in [-0.25, -0.2) is 0 Å². The Hall–Kier alpha value is -3.93. The maximum Gasteiger partial charge on any atom is 0.306 e. The van der Waals surface area contributed by atoms with Crippen molar-refractivity contribution in [3.05, 3.63) is 109 Å². The third kappa shape index (κ3) is 49.0. The molecule has 0 fully saturated rings. The number of ether oxygens (including phenoxy) is 3. The smallest absolute Gasteiger partial charge is 0.306 e. The molecule has 0 aliphatic rings. The number of unbranched alkanes of at least 4 members (excludes halogenated alkanes) is 22. The Labute approximate surface area is 387 Å². The summed E-state index contributed by atoms with van der Waals surface area (Å²) < 4.78 is 16.7. The molecule has 0 aromatic heterocycles. The fourth-order valence-corrected chi connectivity index (χ4v) is 6.65. The molecule has 0 aromatic rings. The van der Waals surface area contributed by atoms with Crippen LogP contribution in [0.4, 0.5) is 0 Å². The Kier molecular flexibility index (Phi) is 47.5. The first-order valence-corrected chi connectivity index (χ1v) is 25.5. The minimum Gasteiger partial charge on any atom is -0.462 e. The van der Waals surface area contributed by atoms with Gasteiger partial charge in [0.1, 0.15) is 13.2 Å². The zero-order valence-corrected chi connectivity index (χ0v) is 40.5. The van der Waals surface area contributed by atoms with Crippen LogP contribution in [-0.4, -0.2) is 37.2 Å². The molecular weight excluding hydrogens is 781 g/mol. The second kappa shape index (κ2) is 50.7. The van der Waals surface area contributed by atoms with Crippen molar-refractivity contribution in [3.63, 3.8) is 0 Å². The second-order valence-electron chi connectivity index (χ2n) is 16.6. The SMILES string of the molecule is CC\C=C/C=C\C=C/C=C\C=C\C=C/CCCCCC(=O)OC(COC(=O)CCCCCCC\C=C/C=C\C=C/CCCCCCC)COC(=O)CCCCCCCCCCCC. The van der Waals surface area contributed by atoms with E-state index in [1.54, 1.807) is 0 Å². The van der Waals surface area contributed by atoms with E-state index in [4.69, 9.17) is 14.2 Å². The van der Waals surface area contributed by atoms with Gasteiger partial charge in [-0.15, -0.1) is 0 Å². The van der Waals surface area contributed by atoms with E-state index in [-0.39, 0.29) is 37.5 Å². The van der Waals surface area contributed by atoms with Crippen molar-refractivity contribution in [2.45, 2.75) is 219 Å². The molecule has 0 saturated heterocycles. The lowest BCUT2D eigenvalue weighted by molar-refractivity contribution is -0.167. The molecule has 0 saturated carbocycles. The molecule has 356 valence electrons. The predicted molar refractivity (Wildman–Crippen MR) is 270 cm³/mol. The Morgan fingerprint density at radius 2 is 0.619 bits per heavy atom. The van der Waals surface area contributed by atoms with Crippen LogP contribution in [0.5, 0.6) is 0 Å². The number of carbonyl (C=O) groups is 3. The van der Waals surface area contributed by atoms with Gasteiger partial charge in [0.15, 0.2) is 6.10 Å². The highest BCUT2D eigenvalue weighted by molar-refractivity contribution is 5.71. The van der Waals surface area contributed by atoms with E-state index in [0.717, 1.165) is 89.9 Å². The van der Waals surface area contributed by atoms with Crippen molar-refractivity contribution in [1.82, 2.24) is 0 Å². The average Bonchev–Trinajstić information content (AvgIpc) is 3.28. The van der Waals surface area contributed by atoms with E-state index in [1.165, 1.54) is 77.0 Å². The lowest BCUT2D eigenvalue weighted by Gasteiger charge is -2.18. The van der Waals surface area contributed by atoms with E-state index in [0.29, 0.717) is 19.3 Å². The number of rotatable bonds is 44. The summed E-state index contributed by atoms with van der Waals surface area (Å²) in [7, 11) is 0. The number of allylic oxidation sites excluding steroid dienone is 18. The fourth-order valence-electron chi connectivity index (χ4n) is 6.65. The summed E-state index contributed by atoms with van der Waals surface area (Å²) in [5.74, 6) is -0.975. The van der Waals surface area contributed by atoms with Crippen LogP contribution in [0.15, 0.2) is 109 Å². The molecule has 1 atom stereocenters. The maximum atomic E-state index is 12.8. The first-order chi connectivity index (χ1) is 31.0. The second-order valence-corrected chi connectivity index (χ2v) is 16.6. The topological polar surface area (TPSA) is 78.9 Å². The minimum absolute atomic E-state index is 0.104. The zero-order valence-electron chi connectivity index (χ0n) is 40.5. The summed E-state index contributed by atoms with van der Waals surface area (Å²) >= 11 is 0. The highest BCUT2D eigenvalue weighted by Crippen LogP contribution is 2.13. The normalized spacial score (nSPS) is 13.0. The van der Waals surface area contributed by atoms with Gasteiger partial charge in [0.05, 0.1) is 0 Å². The molecule has 1 unspecified atom stereocenters. The summed E-state index contributed by atoms with van der Waals surface area (Å²) in [4.78, 5) is 37.9. The van der Waals surface area contributed by atoms with Crippen molar-refractivity contribution in [1.29, 1.82) is 0 Å². The van der Waals surface area contributed by atoms with Crippen LogP contribution in [0.1, 0.15) is 213 Å². The Morgan fingerprint density at radius 1 is 0.333 bits per heavy atom. The van der Waals surface area contributed by atoms with E-state index < -0.39 is 6.10 Å². The average molecular weight is 873 g/mol. The molecule has 0 radical (unpaired) electrons. The van der Waals surface area contributed by atoms with Gasteiger partial charge >= 0.3 is 17.9 Å². The van der Waals surface area contributed by atoms with Gasteiger partial charge in [-0.3, -0.25) is 14.4 Å². The van der Waals surface area contributed by atoms with Gasteiger partial charge in [0, 0.05) is 19.3 Å². The molecule has 0 bridgehead atoms. The Balaban J connectivity index is 4.51. The summed E-state index contributed by atoms with van der Waals surface area (Å²) in [6.07, 6.45) is 67.8. The molecular formula is C57H92O6. The van der Waals surface area contributed by atoms with E-state index in [1.807, 2.05) is 60.8 Å². The fraction of sp³-hybridized carbons (Fsp3) is 0.632. The molecule has 0 aliphatic carbocycles. The lowest BCUT2D eigenvalue weighted by atomic mass is 10.1. The Morgan fingerprint density at radius 3 is 0.984 bits per heavy atom. The molecule has 6 nitrogen and oxygen atoms in total. The number of hydrogen-bond acceptors (Lipinski definition) is 6.